The van der Waals surface area contributed by atoms with E-state index in [1.807, 2.05) is 0 Å². The number of rotatable bonds is 7. The van der Waals surface area contributed by atoms with Gasteiger partial charge in [-0.3, -0.25) is 9.59 Å². The lowest BCUT2D eigenvalue weighted by Crippen LogP contribution is -2.40. The number of amides is 1. The summed E-state index contributed by atoms with van der Waals surface area (Å²) in [4.78, 5) is 35.0. The van der Waals surface area contributed by atoms with Gasteiger partial charge in [0.25, 0.3) is 5.91 Å². The summed E-state index contributed by atoms with van der Waals surface area (Å²) in [5.74, 6) is -1.32. The average Bonchev–Trinajstić information content (AvgIpc) is 2.79. The van der Waals surface area contributed by atoms with Crippen LogP contribution in [0, 0.1) is 6.92 Å². The van der Waals surface area contributed by atoms with E-state index < -0.39 is 28.5 Å². The topological polar surface area (TPSA) is 119 Å². The average molecular weight is 446 g/mol. The molecule has 0 atom stereocenters. The number of morpholine rings is 1. The fraction of sp³-hybridized carbons (Fsp3) is 0.286. The maximum atomic E-state index is 12.8. The van der Waals surface area contributed by atoms with Crippen molar-refractivity contribution in [3.05, 3.63) is 59.2 Å². The van der Waals surface area contributed by atoms with Gasteiger partial charge in [-0.25, -0.2) is 13.2 Å². The van der Waals surface area contributed by atoms with Crippen LogP contribution in [0.5, 0.6) is 0 Å². The van der Waals surface area contributed by atoms with E-state index in [0.717, 1.165) is 0 Å². The first-order valence-corrected chi connectivity index (χ1v) is 11.0. The van der Waals surface area contributed by atoms with E-state index in [1.54, 1.807) is 13.0 Å². The number of benzene rings is 2. The Hall–Kier alpha value is -3.08. The normalized spacial score (nSPS) is 14.6. The summed E-state index contributed by atoms with van der Waals surface area (Å²) in [6.07, 6.45) is 0.651. The molecular formula is C21H22N2O7S. The summed E-state index contributed by atoms with van der Waals surface area (Å²) in [5.41, 5.74) is 1.58. The third-order valence-electron chi connectivity index (χ3n) is 4.71. The second-order valence-corrected chi connectivity index (χ2v) is 8.80. The van der Waals surface area contributed by atoms with E-state index in [4.69, 9.17) is 9.47 Å². The number of aldehydes is 1. The van der Waals surface area contributed by atoms with Crippen molar-refractivity contribution in [2.75, 3.05) is 38.2 Å². The molecule has 1 aliphatic heterocycles. The van der Waals surface area contributed by atoms with Gasteiger partial charge in [-0.05, 0) is 36.8 Å². The number of ether oxygens (including phenoxy) is 2. The van der Waals surface area contributed by atoms with Crippen LogP contribution in [0.1, 0.15) is 26.3 Å². The Morgan fingerprint density at radius 3 is 2.45 bits per heavy atom. The molecule has 164 valence electrons. The number of sulfonamides is 1. The third kappa shape index (κ3) is 5.54. The predicted octanol–water partition coefficient (Wildman–Crippen LogP) is 1.62. The fourth-order valence-corrected chi connectivity index (χ4v) is 4.37. The first kappa shape index (κ1) is 22.6. The minimum absolute atomic E-state index is 0.0579. The number of carbonyl (C=O) groups is 3. The van der Waals surface area contributed by atoms with Gasteiger partial charge in [-0.1, -0.05) is 18.2 Å². The van der Waals surface area contributed by atoms with Crippen molar-refractivity contribution in [3.8, 4) is 0 Å². The van der Waals surface area contributed by atoms with Gasteiger partial charge in [0, 0.05) is 24.3 Å². The molecule has 0 saturated carbocycles. The smallest absolute Gasteiger partial charge is 0.338 e. The Labute approximate surface area is 180 Å². The Bertz CT molecular complexity index is 1080. The van der Waals surface area contributed by atoms with Crippen LogP contribution < -0.4 is 5.32 Å². The lowest BCUT2D eigenvalue weighted by molar-refractivity contribution is -0.119. The van der Waals surface area contributed by atoms with Crippen molar-refractivity contribution in [3.63, 3.8) is 0 Å². The molecule has 2 aromatic carbocycles. The molecule has 0 aromatic heterocycles. The van der Waals surface area contributed by atoms with Crippen molar-refractivity contribution in [2.24, 2.45) is 0 Å². The molecule has 1 aliphatic rings. The second kappa shape index (κ2) is 9.82. The van der Waals surface area contributed by atoms with Crippen molar-refractivity contribution in [1.29, 1.82) is 0 Å². The lowest BCUT2D eigenvalue weighted by atomic mass is 10.1. The summed E-state index contributed by atoms with van der Waals surface area (Å²) < 4.78 is 37.2. The van der Waals surface area contributed by atoms with Crippen LogP contribution in [0.25, 0.3) is 0 Å². The Morgan fingerprint density at radius 2 is 1.81 bits per heavy atom. The standard InChI is InChI=1S/C21H22N2O7S/c1-15-2-7-18(31(27,28)23-8-10-29-11-9-23)12-19(15)22-20(25)14-30-21(26)17-5-3-16(13-24)4-6-17/h2-7,12-13H,8-11,14H2,1H3,(H,22,25). The summed E-state index contributed by atoms with van der Waals surface area (Å²) in [7, 11) is -3.71. The van der Waals surface area contributed by atoms with Crippen molar-refractivity contribution in [1.82, 2.24) is 4.31 Å². The zero-order valence-corrected chi connectivity index (χ0v) is 17.7. The monoisotopic (exact) mass is 446 g/mol. The van der Waals surface area contributed by atoms with Gasteiger partial charge in [-0.15, -0.1) is 0 Å². The Balaban J connectivity index is 1.64. The molecule has 10 heteroatoms. The summed E-state index contributed by atoms with van der Waals surface area (Å²) >= 11 is 0. The SMILES string of the molecule is Cc1ccc(S(=O)(=O)N2CCOCC2)cc1NC(=O)COC(=O)c1ccc(C=O)cc1. The number of aryl methyl sites for hydroxylation is 1. The zero-order valence-electron chi connectivity index (χ0n) is 16.9. The molecular weight excluding hydrogens is 424 g/mol. The number of hydrogen-bond donors (Lipinski definition) is 1. The molecule has 1 fully saturated rings. The quantitative estimate of drug-likeness (QED) is 0.507. The predicted molar refractivity (Wildman–Crippen MR) is 111 cm³/mol. The maximum Gasteiger partial charge on any atom is 0.338 e. The molecule has 0 spiro atoms. The molecule has 3 rings (SSSR count). The van der Waals surface area contributed by atoms with Gasteiger partial charge < -0.3 is 14.8 Å². The first-order valence-electron chi connectivity index (χ1n) is 9.52. The molecule has 1 saturated heterocycles. The lowest BCUT2D eigenvalue weighted by Gasteiger charge is -2.26. The minimum atomic E-state index is -3.71. The van der Waals surface area contributed by atoms with Gasteiger partial charge in [0.15, 0.2) is 6.61 Å². The molecule has 31 heavy (non-hydrogen) atoms. The van der Waals surface area contributed by atoms with E-state index in [1.165, 1.54) is 40.7 Å². The van der Waals surface area contributed by atoms with Crippen LogP contribution in [0.3, 0.4) is 0 Å². The maximum absolute atomic E-state index is 12.8. The zero-order chi connectivity index (χ0) is 22.4. The second-order valence-electron chi connectivity index (χ2n) is 6.86. The van der Waals surface area contributed by atoms with Crippen LogP contribution in [0.2, 0.25) is 0 Å². The molecule has 1 N–H and O–H groups in total. The highest BCUT2D eigenvalue weighted by atomic mass is 32.2. The first-order chi connectivity index (χ1) is 14.8. The minimum Gasteiger partial charge on any atom is -0.452 e. The van der Waals surface area contributed by atoms with Gasteiger partial charge in [0.1, 0.15) is 6.29 Å². The molecule has 2 aromatic rings. The van der Waals surface area contributed by atoms with Crippen LogP contribution >= 0.6 is 0 Å². The molecule has 0 unspecified atom stereocenters. The van der Waals surface area contributed by atoms with Crippen molar-refractivity contribution >= 4 is 33.9 Å². The molecule has 1 amide bonds. The molecule has 0 radical (unpaired) electrons. The van der Waals surface area contributed by atoms with E-state index in [2.05, 4.69) is 5.32 Å². The van der Waals surface area contributed by atoms with Crippen LogP contribution in [0.4, 0.5) is 5.69 Å². The summed E-state index contributed by atoms with van der Waals surface area (Å²) in [6.45, 7) is 2.37. The number of nitrogens with zero attached hydrogens (tertiary/aromatic N) is 1. The highest BCUT2D eigenvalue weighted by molar-refractivity contribution is 7.89. The third-order valence-corrected chi connectivity index (χ3v) is 6.60. The van der Waals surface area contributed by atoms with Crippen molar-refractivity contribution in [2.45, 2.75) is 11.8 Å². The molecule has 0 aliphatic carbocycles. The van der Waals surface area contributed by atoms with Gasteiger partial charge in [0.2, 0.25) is 10.0 Å². The Morgan fingerprint density at radius 1 is 1.13 bits per heavy atom. The largest absolute Gasteiger partial charge is 0.452 e. The number of anilines is 1. The highest BCUT2D eigenvalue weighted by Crippen LogP contribution is 2.23. The fourth-order valence-electron chi connectivity index (χ4n) is 2.93. The van der Waals surface area contributed by atoms with E-state index in [0.29, 0.717) is 36.3 Å². The van der Waals surface area contributed by atoms with Gasteiger partial charge in [-0.2, -0.15) is 4.31 Å². The van der Waals surface area contributed by atoms with E-state index >= 15 is 0 Å². The summed E-state index contributed by atoms with van der Waals surface area (Å²) in [6, 6.07) is 10.3. The van der Waals surface area contributed by atoms with Gasteiger partial charge in [0.05, 0.1) is 23.7 Å². The molecule has 1 heterocycles. The van der Waals surface area contributed by atoms with Crippen LogP contribution in [0.15, 0.2) is 47.4 Å². The Kier molecular flexibility index (Phi) is 7.16. The van der Waals surface area contributed by atoms with Crippen molar-refractivity contribution < 1.29 is 32.3 Å². The van der Waals surface area contributed by atoms with E-state index in [-0.39, 0.29) is 23.5 Å². The number of hydrogen-bond acceptors (Lipinski definition) is 7. The number of esters is 1. The molecule has 0 bridgehead atoms. The number of nitrogens with one attached hydrogen (secondary N) is 1. The van der Waals surface area contributed by atoms with Crippen LogP contribution in [-0.4, -0.2) is 63.8 Å². The summed E-state index contributed by atoms with van der Waals surface area (Å²) in [5, 5.41) is 2.58. The highest BCUT2D eigenvalue weighted by Gasteiger charge is 2.27. The van der Waals surface area contributed by atoms with Crippen LogP contribution in [-0.2, 0) is 24.3 Å². The molecule has 9 nitrogen and oxygen atoms in total. The van der Waals surface area contributed by atoms with Gasteiger partial charge >= 0.3 is 5.97 Å². The number of carbonyl (C=O) groups excluding carboxylic acids is 3. The van der Waals surface area contributed by atoms with E-state index in [9.17, 15) is 22.8 Å².